The molecule has 0 aliphatic carbocycles. The Bertz CT molecular complexity index is 707. The van der Waals surface area contributed by atoms with Crippen molar-refractivity contribution < 1.29 is 9.59 Å². The van der Waals surface area contributed by atoms with E-state index in [1.807, 2.05) is 29.2 Å². The number of benzene rings is 2. The van der Waals surface area contributed by atoms with Crippen molar-refractivity contribution in [2.45, 2.75) is 25.7 Å². The zero-order chi connectivity index (χ0) is 18.2. The maximum Gasteiger partial charge on any atom is 0.251 e. The van der Waals surface area contributed by atoms with E-state index in [1.165, 1.54) is 12.0 Å². The minimum atomic E-state index is -0.198. The van der Waals surface area contributed by atoms with Gasteiger partial charge in [0.1, 0.15) is 0 Å². The van der Waals surface area contributed by atoms with E-state index < -0.39 is 0 Å². The molecule has 0 bridgehead atoms. The lowest BCUT2D eigenvalue weighted by Crippen LogP contribution is -2.44. The molecule has 1 aliphatic rings. The van der Waals surface area contributed by atoms with Crippen molar-refractivity contribution in [1.82, 2.24) is 10.2 Å². The van der Waals surface area contributed by atoms with Crippen molar-refractivity contribution >= 4 is 11.8 Å². The van der Waals surface area contributed by atoms with Gasteiger partial charge in [-0.15, -0.1) is 0 Å². The molecule has 1 fully saturated rings. The molecule has 4 nitrogen and oxygen atoms in total. The molecule has 0 radical (unpaired) electrons. The van der Waals surface area contributed by atoms with Crippen molar-refractivity contribution in [2.75, 3.05) is 19.6 Å². The molecule has 26 heavy (non-hydrogen) atoms. The molecule has 2 aromatic rings. The van der Waals surface area contributed by atoms with Crippen molar-refractivity contribution in [1.29, 1.82) is 0 Å². The van der Waals surface area contributed by atoms with Crippen LogP contribution in [0.5, 0.6) is 0 Å². The summed E-state index contributed by atoms with van der Waals surface area (Å²) in [5.41, 5.74) is 1.97. The average Bonchev–Trinajstić information content (AvgIpc) is 2.72. The summed E-state index contributed by atoms with van der Waals surface area (Å²) in [5, 5.41) is 2.72. The molecule has 1 N–H and O–H groups in total. The number of carbonyl (C=O) groups excluding carboxylic acids is 2. The summed E-state index contributed by atoms with van der Waals surface area (Å²) in [6.07, 6.45) is 4.37. The number of hydrogen-bond acceptors (Lipinski definition) is 2. The fourth-order valence-electron chi connectivity index (χ4n) is 3.45. The first-order valence-electron chi connectivity index (χ1n) is 9.37. The maximum absolute atomic E-state index is 12.3. The minimum Gasteiger partial charge on any atom is -0.343 e. The number of hydrogen-bond donors (Lipinski definition) is 1. The fraction of sp³-hybridized carbons (Fsp3) is 0.364. The van der Waals surface area contributed by atoms with Gasteiger partial charge in [0.25, 0.3) is 5.91 Å². The lowest BCUT2D eigenvalue weighted by atomic mass is 9.90. The number of amides is 2. The van der Waals surface area contributed by atoms with E-state index in [-0.39, 0.29) is 18.4 Å². The number of rotatable bonds is 6. The fourth-order valence-corrected chi connectivity index (χ4v) is 3.45. The highest BCUT2D eigenvalue weighted by Crippen LogP contribution is 2.22. The zero-order valence-electron chi connectivity index (χ0n) is 15.1. The Hall–Kier alpha value is -2.62. The van der Waals surface area contributed by atoms with Crippen molar-refractivity contribution in [3.05, 3.63) is 71.8 Å². The van der Waals surface area contributed by atoms with Crippen LogP contribution < -0.4 is 5.32 Å². The van der Waals surface area contributed by atoms with Gasteiger partial charge in [-0.3, -0.25) is 9.59 Å². The van der Waals surface area contributed by atoms with E-state index in [2.05, 4.69) is 29.6 Å². The largest absolute Gasteiger partial charge is 0.343 e. The molecule has 0 unspecified atom stereocenters. The van der Waals surface area contributed by atoms with Crippen LogP contribution in [-0.2, 0) is 11.2 Å². The highest BCUT2D eigenvalue weighted by atomic mass is 16.2. The minimum absolute atomic E-state index is 0.00999. The maximum atomic E-state index is 12.3. The normalized spacial score (nSPS) is 14.8. The van der Waals surface area contributed by atoms with E-state index in [0.29, 0.717) is 11.5 Å². The van der Waals surface area contributed by atoms with Gasteiger partial charge in [-0.1, -0.05) is 48.5 Å². The average molecular weight is 350 g/mol. The van der Waals surface area contributed by atoms with Crippen LogP contribution >= 0.6 is 0 Å². The highest BCUT2D eigenvalue weighted by molar-refractivity contribution is 5.96. The van der Waals surface area contributed by atoms with E-state index >= 15 is 0 Å². The third-order valence-electron chi connectivity index (χ3n) is 5.09. The topological polar surface area (TPSA) is 49.4 Å². The third-order valence-corrected chi connectivity index (χ3v) is 5.09. The molecule has 1 saturated heterocycles. The summed E-state index contributed by atoms with van der Waals surface area (Å²) in [6.45, 7) is 1.65. The smallest absolute Gasteiger partial charge is 0.251 e. The van der Waals surface area contributed by atoms with Gasteiger partial charge < -0.3 is 10.2 Å². The van der Waals surface area contributed by atoms with Crippen LogP contribution in [0.1, 0.15) is 35.2 Å². The molecule has 0 spiro atoms. The van der Waals surface area contributed by atoms with Gasteiger partial charge in [-0.2, -0.15) is 0 Å². The molecule has 0 saturated carbocycles. The van der Waals surface area contributed by atoms with Gasteiger partial charge in [0.15, 0.2) is 0 Å². The van der Waals surface area contributed by atoms with Gasteiger partial charge in [-0.25, -0.2) is 0 Å². The molecule has 0 aromatic heterocycles. The van der Waals surface area contributed by atoms with Gasteiger partial charge in [-0.05, 0) is 49.3 Å². The summed E-state index contributed by atoms with van der Waals surface area (Å²) in [5.74, 6) is 0.491. The number of carbonyl (C=O) groups is 2. The van der Waals surface area contributed by atoms with Crippen LogP contribution in [0.2, 0.25) is 0 Å². The van der Waals surface area contributed by atoms with Crippen LogP contribution in [-0.4, -0.2) is 36.3 Å². The van der Waals surface area contributed by atoms with Crippen LogP contribution in [0, 0.1) is 5.92 Å². The number of nitrogens with one attached hydrogen (secondary N) is 1. The standard InChI is InChI=1S/C22H26N2O2/c25-21(17-23-22(26)20-9-5-2-6-10-20)24-15-13-19(14-16-24)12-11-18-7-3-1-4-8-18/h1-10,19H,11-17H2,(H,23,26). The first-order chi connectivity index (χ1) is 12.7. The summed E-state index contributed by atoms with van der Waals surface area (Å²) in [4.78, 5) is 26.2. The quantitative estimate of drug-likeness (QED) is 0.869. The van der Waals surface area contributed by atoms with E-state index in [0.717, 1.165) is 32.4 Å². The Labute approximate surface area is 155 Å². The van der Waals surface area contributed by atoms with Gasteiger partial charge >= 0.3 is 0 Å². The van der Waals surface area contributed by atoms with Gasteiger partial charge in [0.05, 0.1) is 6.54 Å². The molecule has 136 valence electrons. The Morgan fingerprint density at radius 1 is 0.923 bits per heavy atom. The second-order valence-corrected chi connectivity index (χ2v) is 6.90. The lowest BCUT2D eigenvalue weighted by Gasteiger charge is -2.32. The van der Waals surface area contributed by atoms with Gasteiger partial charge in [0.2, 0.25) is 5.91 Å². The second kappa shape index (κ2) is 9.18. The number of likely N-dealkylation sites (tertiary alicyclic amines) is 1. The molecule has 4 heteroatoms. The van der Waals surface area contributed by atoms with E-state index in [1.54, 1.807) is 12.1 Å². The number of aryl methyl sites for hydroxylation is 1. The molecule has 2 aromatic carbocycles. The monoisotopic (exact) mass is 350 g/mol. The molecule has 1 aliphatic heterocycles. The Morgan fingerprint density at radius 3 is 2.19 bits per heavy atom. The molecular weight excluding hydrogens is 324 g/mol. The number of nitrogens with zero attached hydrogens (tertiary/aromatic N) is 1. The predicted octanol–water partition coefficient (Wildman–Crippen LogP) is 3.29. The van der Waals surface area contributed by atoms with Crippen LogP contribution in [0.25, 0.3) is 0 Å². The SMILES string of the molecule is O=C(NCC(=O)N1CCC(CCc2ccccc2)CC1)c1ccccc1. The molecular formula is C22H26N2O2. The molecule has 1 heterocycles. The molecule has 2 amide bonds. The predicted molar refractivity (Wildman–Crippen MR) is 103 cm³/mol. The zero-order valence-corrected chi connectivity index (χ0v) is 15.1. The first-order valence-corrected chi connectivity index (χ1v) is 9.37. The highest BCUT2D eigenvalue weighted by Gasteiger charge is 2.22. The first kappa shape index (κ1) is 18.2. The lowest BCUT2D eigenvalue weighted by molar-refractivity contribution is -0.131. The Morgan fingerprint density at radius 2 is 1.54 bits per heavy atom. The Kier molecular flexibility index (Phi) is 6.42. The third kappa shape index (κ3) is 5.19. The number of piperidine rings is 1. The van der Waals surface area contributed by atoms with E-state index in [9.17, 15) is 9.59 Å². The van der Waals surface area contributed by atoms with Crippen LogP contribution in [0.15, 0.2) is 60.7 Å². The summed E-state index contributed by atoms with van der Waals surface area (Å²) in [7, 11) is 0. The van der Waals surface area contributed by atoms with Crippen LogP contribution in [0.3, 0.4) is 0 Å². The van der Waals surface area contributed by atoms with E-state index in [4.69, 9.17) is 0 Å². The second-order valence-electron chi connectivity index (χ2n) is 6.90. The van der Waals surface area contributed by atoms with Gasteiger partial charge in [0, 0.05) is 18.7 Å². The molecule has 0 atom stereocenters. The summed E-state index contributed by atoms with van der Waals surface area (Å²) < 4.78 is 0. The van der Waals surface area contributed by atoms with Crippen molar-refractivity contribution in [3.8, 4) is 0 Å². The van der Waals surface area contributed by atoms with Crippen molar-refractivity contribution in [3.63, 3.8) is 0 Å². The summed E-state index contributed by atoms with van der Waals surface area (Å²) in [6, 6.07) is 19.6. The van der Waals surface area contributed by atoms with Crippen LogP contribution in [0.4, 0.5) is 0 Å². The summed E-state index contributed by atoms with van der Waals surface area (Å²) >= 11 is 0. The Balaban J connectivity index is 1.37. The molecule has 3 rings (SSSR count). The van der Waals surface area contributed by atoms with Crippen molar-refractivity contribution in [2.24, 2.45) is 5.92 Å².